The molecule has 0 bridgehead atoms. The van der Waals surface area contributed by atoms with Crippen LogP contribution in [0.3, 0.4) is 0 Å². The molecule has 1 atom stereocenters. The van der Waals surface area contributed by atoms with Crippen LogP contribution in [0.2, 0.25) is 0 Å². The summed E-state index contributed by atoms with van der Waals surface area (Å²) in [5.74, 6) is 1.64. The molecule has 0 amide bonds. The molecule has 1 aliphatic heterocycles. The smallest absolute Gasteiger partial charge is 0.161 e. The molecule has 19 heavy (non-hydrogen) atoms. The van der Waals surface area contributed by atoms with Gasteiger partial charge >= 0.3 is 0 Å². The maximum absolute atomic E-state index is 5.43. The van der Waals surface area contributed by atoms with E-state index >= 15 is 0 Å². The third kappa shape index (κ3) is 2.85. The molecule has 0 saturated heterocycles. The lowest BCUT2D eigenvalue weighted by Crippen LogP contribution is -2.38. The van der Waals surface area contributed by atoms with Crippen molar-refractivity contribution < 1.29 is 9.47 Å². The largest absolute Gasteiger partial charge is 0.493 e. The Kier molecular flexibility index (Phi) is 4.66. The highest BCUT2D eigenvalue weighted by Crippen LogP contribution is 2.37. The monoisotopic (exact) mass is 264 g/mol. The van der Waals surface area contributed by atoms with Gasteiger partial charge in [-0.15, -0.1) is 0 Å². The molecule has 4 nitrogen and oxygen atoms in total. The highest BCUT2D eigenvalue weighted by atomic mass is 16.5. The van der Waals surface area contributed by atoms with E-state index in [1.54, 1.807) is 14.2 Å². The number of ether oxygens (including phenoxy) is 2. The lowest BCUT2D eigenvalue weighted by atomic mass is 9.92. The molecule has 1 aliphatic rings. The van der Waals surface area contributed by atoms with Crippen molar-refractivity contribution in [2.45, 2.75) is 19.4 Å². The van der Waals surface area contributed by atoms with Crippen molar-refractivity contribution in [2.75, 3.05) is 40.9 Å². The summed E-state index contributed by atoms with van der Waals surface area (Å²) >= 11 is 0. The number of hydrogen-bond donors (Lipinski definition) is 1. The van der Waals surface area contributed by atoms with Gasteiger partial charge in [0.15, 0.2) is 11.5 Å². The Hall–Kier alpha value is -1.26. The van der Waals surface area contributed by atoms with Gasteiger partial charge in [-0.2, -0.15) is 0 Å². The van der Waals surface area contributed by atoms with Gasteiger partial charge in [0.2, 0.25) is 0 Å². The van der Waals surface area contributed by atoms with E-state index in [2.05, 4.69) is 36.3 Å². The molecule has 1 N–H and O–H groups in total. The number of benzene rings is 1. The zero-order valence-electron chi connectivity index (χ0n) is 12.3. The van der Waals surface area contributed by atoms with Gasteiger partial charge in [-0.1, -0.05) is 6.92 Å². The maximum Gasteiger partial charge on any atom is 0.161 e. The fraction of sp³-hybridized carbons (Fsp3) is 0.600. The molecule has 0 spiro atoms. The van der Waals surface area contributed by atoms with Gasteiger partial charge in [-0.3, -0.25) is 4.90 Å². The zero-order valence-corrected chi connectivity index (χ0v) is 12.3. The van der Waals surface area contributed by atoms with Crippen molar-refractivity contribution in [3.63, 3.8) is 0 Å². The Labute approximate surface area is 115 Å². The molecule has 2 rings (SSSR count). The summed E-state index contributed by atoms with van der Waals surface area (Å²) in [4.78, 5) is 2.40. The lowest BCUT2D eigenvalue weighted by molar-refractivity contribution is 0.224. The second kappa shape index (κ2) is 6.26. The van der Waals surface area contributed by atoms with Gasteiger partial charge in [-0.25, -0.2) is 0 Å². The molecule has 0 saturated carbocycles. The van der Waals surface area contributed by atoms with Gasteiger partial charge in [0.1, 0.15) is 0 Å². The number of rotatable bonds is 5. The van der Waals surface area contributed by atoms with E-state index < -0.39 is 0 Å². The maximum atomic E-state index is 5.43. The van der Waals surface area contributed by atoms with E-state index in [4.69, 9.17) is 9.47 Å². The molecule has 0 radical (unpaired) electrons. The van der Waals surface area contributed by atoms with Crippen molar-refractivity contribution in [1.29, 1.82) is 0 Å². The number of methoxy groups -OCH3 is 2. The second-order valence-electron chi connectivity index (χ2n) is 4.96. The zero-order chi connectivity index (χ0) is 13.8. The van der Waals surface area contributed by atoms with Crippen LogP contribution in [0.4, 0.5) is 0 Å². The van der Waals surface area contributed by atoms with E-state index in [9.17, 15) is 0 Å². The number of hydrogen-bond acceptors (Lipinski definition) is 4. The topological polar surface area (TPSA) is 33.7 Å². The summed E-state index contributed by atoms with van der Waals surface area (Å²) in [6, 6.07) is 4.66. The third-order valence-electron chi connectivity index (χ3n) is 3.86. The van der Waals surface area contributed by atoms with Crippen LogP contribution in [0.1, 0.15) is 24.1 Å². The van der Waals surface area contributed by atoms with Crippen LogP contribution in [0.5, 0.6) is 11.5 Å². The van der Waals surface area contributed by atoms with Crippen molar-refractivity contribution in [2.24, 2.45) is 0 Å². The predicted octanol–water partition coefficient (Wildman–Crippen LogP) is 1.84. The molecular weight excluding hydrogens is 240 g/mol. The Morgan fingerprint density at radius 1 is 1.26 bits per heavy atom. The molecule has 1 aromatic rings. The molecular formula is C15H24N2O2. The number of likely N-dealkylation sites (N-methyl/N-ethyl adjacent to an activating group) is 2. The van der Waals surface area contributed by atoms with Crippen LogP contribution >= 0.6 is 0 Å². The Bertz CT molecular complexity index is 434. The highest BCUT2D eigenvalue weighted by Gasteiger charge is 2.26. The summed E-state index contributed by atoms with van der Waals surface area (Å²) < 4.78 is 10.8. The minimum absolute atomic E-state index is 0.406. The van der Waals surface area contributed by atoms with Crippen molar-refractivity contribution in [3.8, 4) is 11.5 Å². The fourth-order valence-corrected chi connectivity index (χ4v) is 2.70. The van der Waals surface area contributed by atoms with Crippen LogP contribution < -0.4 is 14.8 Å². The highest BCUT2D eigenvalue weighted by molar-refractivity contribution is 5.49. The van der Waals surface area contributed by atoms with Crippen molar-refractivity contribution in [1.82, 2.24) is 10.2 Å². The van der Waals surface area contributed by atoms with Crippen LogP contribution in [0, 0.1) is 0 Å². The first-order chi connectivity index (χ1) is 9.21. The summed E-state index contributed by atoms with van der Waals surface area (Å²) in [5, 5.41) is 3.44. The molecule has 0 aromatic heterocycles. The normalized spacial score (nSPS) is 19.1. The number of fused-ring (bicyclic) bond motifs is 1. The first-order valence-electron chi connectivity index (χ1n) is 6.87. The average Bonchev–Trinajstić information content (AvgIpc) is 2.44. The molecule has 0 aliphatic carbocycles. The minimum Gasteiger partial charge on any atom is -0.493 e. The summed E-state index contributed by atoms with van der Waals surface area (Å²) in [5.41, 5.74) is 2.73. The van der Waals surface area contributed by atoms with Gasteiger partial charge in [0.05, 0.1) is 14.2 Å². The molecule has 1 heterocycles. The summed E-state index contributed by atoms with van der Waals surface area (Å²) in [6.45, 7) is 5.18. The van der Waals surface area contributed by atoms with Crippen LogP contribution in [-0.4, -0.2) is 45.8 Å². The van der Waals surface area contributed by atoms with E-state index in [1.165, 1.54) is 11.1 Å². The summed E-state index contributed by atoms with van der Waals surface area (Å²) in [7, 11) is 5.56. The third-order valence-corrected chi connectivity index (χ3v) is 3.86. The van der Waals surface area contributed by atoms with Gasteiger partial charge in [-0.05, 0) is 43.3 Å². The minimum atomic E-state index is 0.406. The Morgan fingerprint density at radius 2 is 1.95 bits per heavy atom. The number of nitrogens with zero attached hydrogens (tertiary/aromatic N) is 1. The van der Waals surface area contributed by atoms with Crippen LogP contribution in [0.25, 0.3) is 0 Å². The van der Waals surface area contributed by atoms with E-state index in [1.807, 2.05) is 0 Å². The molecule has 1 unspecified atom stereocenters. The van der Waals surface area contributed by atoms with Crippen molar-refractivity contribution >= 4 is 0 Å². The van der Waals surface area contributed by atoms with E-state index in [0.29, 0.717) is 6.04 Å². The first kappa shape index (κ1) is 14.2. The van der Waals surface area contributed by atoms with Crippen molar-refractivity contribution in [3.05, 3.63) is 23.3 Å². The second-order valence-corrected chi connectivity index (χ2v) is 4.96. The first-order valence-corrected chi connectivity index (χ1v) is 6.87. The van der Waals surface area contributed by atoms with Gasteiger partial charge in [0.25, 0.3) is 0 Å². The molecule has 4 heteroatoms. The summed E-state index contributed by atoms with van der Waals surface area (Å²) in [6.07, 6.45) is 1.06. The molecule has 1 aromatic carbocycles. The van der Waals surface area contributed by atoms with E-state index in [-0.39, 0.29) is 0 Å². The van der Waals surface area contributed by atoms with E-state index in [0.717, 1.165) is 37.6 Å². The number of nitrogens with one attached hydrogen (secondary N) is 1. The Morgan fingerprint density at radius 3 is 2.58 bits per heavy atom. The average molecular weight is 264 g/mol. The Balaban J connectivity index is 2.37. The predicted molar refractivity (Wildman–Crippen MR) is 77.2 cm³/mol. The standard InChI is InChI=1S/C15H24N2O2/c1-5-16-10-13-12-9-15(19-4)14(18-3)8-11(12)6-7-17(13)2/h8-9,13,16H,5-7,10H2,1-4H3. The lowest BCUT2D eigenvalue weighted by Gasteiger charge is -2.35. The SMILES string of the molecule is CCNCC1c2cc(OC)c(OC)cc2CCN1C. The van der Waals surface area contributed by atoms with Crippen LogP contribution in [-0.2, 0) is 6.42 Å². The van der Waals surface area contributed by atoms with Crippen LogP contribution in [0.15, 0.2) is 12.1 Å². The molecule has 106 valence electrons. The quantitative estimate of drug-likeness (QED) is 0.880. The molecule has 0 fully saturated rings. The van der Waals surface area contributed by atoms with Gasteiger partial charge in [0, 0.05) is 19.1 Å². The van der Waals surface area contributed by atoms with Gasteiger partial charge < -0.3 is 14.8 Å². The fourth-order valence-electron chi connectivity index (χ4n) is 2.70.